The van der Waals surface area contributed by atoms with Crippen LogP contribution in [0.5, 0.6) is 0 Å². The molecule has 0 aliphatic carbocycles. The van der Waals surface area contributed by atoms with Crippen molar-refractivity contribution < 1.29 is 9.53 Å². The number of rotatable bonds is 7. The maximum absolute atomic E-state index is 11.8. The molecule has 0 radical (unpaired) electrons. The van der Waals surface area contributed by atoms with Crippen LogP contribution in [0, 0.1) is 12.8 Å². The largest absolute Gasteiger partial charge is 0.385 e. The molecule has 0 saturated carbocycles. The van der Waals surface area contributed by atoms with Crippen LogP contribution in [0.15, 0.2) is 29.2 Å². The minimum atomic E-state index is 0.0901. The molecule has 0 aliphatic rings. The fourth-order valence-electron chi connectivity index (χ4n) is 1.46. The molecule has 17 heavy (non-hydrogen) atoms. The smallest absolute Gasteiger partial charge is 0.145 e. The van der Waals surface area contributed by atoms with Crippen molar-refractivity contribution in [3.63, 3.8) is 0 Å². The van der Waals surface area contributed by atoms with Gasteiger partial charge >= 0.3 is 0 Å². The fourth-order valence-corrected chi connectivity index (χ4v) is 2.49. The van der Waals surface area contributed by atoms with E-state index in [0.717, 1.165) is 11.3 Å². The summed E-state index contributed by atoms with van der Waals surface area (Å²) in [5.74, 6) is 0.940. The van der Waals surface area contributed by atoms with Crippen molar-refractivity contribution in [3.05, 3.63) is 29.8 Å². The summed E-state index contributed by atoms with van der Waals surface area (Å²) in [5.41, 5.74) is 1.23. The van der Waals surface area contributed by atoms with Crippen molar-refractivity contribution in [2.75, 3.05) is 19.5 Å². The van der Waals surface area contributed by atoms with Gasteiger partial charge in [0.25, 0.3) is 0 Å². The van der Waals surface area contributed by atoms with Crippen LogP contribution in [-0.4, -0.2) is 25.3 Å². The van der Waals surface area contributed by atoms with Gasteiger partial charge in [0.2, 0.25) is 0 Å². The first-order valence-electron chi connectivity index (χ1n) is 5.84. The number of ketones is 1. The highest BCUT2D eigenvalue weighted by Gasteiger charge is 2.12. The summed E-state index contributed by atoms with van der Waals surface area (Å²) in [6.07, 6.45) is 0.809. The van der Waals surface area contributed by atoms with E-state index < -0.39 is 0 Å². The third-order valence-electron chi connectivity index (χ3n) is 2.68. The molecular formula is C14H20O2S. The molecule has 1 unspecified atom stereocenters. The van der Waals surface area contributed by atoms with Crippen molar-refractivity contribution in [2.24, 2.45) is 5.92 Å². The third-order valence-corrected chi connectivity index (χ3v) is 3.69. The number of benzene rings is 1. The van der Waals surface area contributed by atoms with Gasteiger partial charge in [-0.2, -0.15) is 0 Å². The number of Topliss-reactive ketones (excluding diaryl/α,β-unsaturated/α-hetero) is 1. The minimum absolute atomic E-state index is 0.0901. The van der Waals surface area contributed by atoms with Crippen molar-refractivity contribution in [3.8, 4) is 0 Å². The third kappa shape index (κ3) is 5.37. The summed E-state index contributed by atoms with van der Waals surface area (Å²) in [6.45, 7) is 4.69. The first-order valence-corrected chi connectivity index (χ1v) is 6.83. The molecular weight excluding hydrogens is 232 g/mol. The van der Waals surface area contributed by atoms with E-state index in [-0.39, 0.29) is 5.92 Å². The molecule has 0 saturated heterocycles. The average Bonchev–Trinajstić information content (AvgIpc) is 2.33. The Kier molecular flexibility index (Phi) is 6.30. The second-order valence-electron chi connectivity index (χ2n) is 4.25. The monoisotopic (exact) mass is 252 g/mol. The summed E-state index contributed by atoms with van der Waals surface area (Å²) in [4.78, 5) is 13.0. The highest BCUT2D eigenvalue weighted by atomic mass is 32.2. The van der Waals surface area contributed by atoms with Crippen molar-refractivity contribution in [2.45, 2.75) is 25.2 Å². The number of carbonyl (C=O) groups is 1. The highest BCUT2D eigenvalue weighted by Crippen LogP contribution is 2.20. The second-order valence-corrected chi connectivity index (χ2v) is 5.30. The topological polar surface area (TPSA) is 26.3 Å². The Bertz CT molecular complexity index is 363. The van der Waals surface area contributed by atoms with Gasteiger partial charge in [-0.15, -0.1) is 11.8 Å². The predicted octanol–water partition coefficient (Wildman–Crippen LogP) is 3.33. The van der Waals surface area contributed by atoms with E-state index in [9.17, 15) is 4.79 Å². The summed E-state index contributed by atoms with van der Waals surface area (Å²) in [7, 11) is 1.67. The Labute approximate surface area is 108 Å². The molecule has 94 valence electrons. The van der Waals surface area contributed by atoms with Crippen LogP contribution in [0.1, 0.15) is 18.9 Å². The Hall–Kier alpha value is -0.800. The molecule has 1 aromatic rings. The van der Waals surface area contributed by atoms with Gasteiger partial charge in [-0.1, -0.05) is 24.6 Å². The van der Waals surface area contributed by atoms with Crippen molar-refractivity contribution in [1.82, 2.24) is 0 Å². The lowest BCUT2D eigenvalue weighted by Gasteiger charge is -2.09. The molecule has 3 heteroatoms. The van der Waals surface area contributed by atoms with E-state index in [1.54, 1.807) is 18.9 Å². The van der Waals surface area contributed by atoms with Crippen LogP contribution >= 0.6 is 11.8 Å². The Morgan fingerprint density at radius 2 is 2.24 bits per heavy atom. The zero-order valence-corrected chi connectivity index (χ0v) is 11.5. The van der Waals surface area contributed by atoms with Crippen LogP contribution in [0.25, 0.3) is 0 Å². The van der Waals surface area contributed by atoms with E-state index in [2.05, 4.69) is 19.1 Å². The molecule has 0 spiro atoms. The van der Waals surface area contributed by atoms with Crippen LogP contribution in [0.2, 0.25) is 0 Å². The zero-order chi connectivity index (χ0) is 12.7. The van der Waals surface area contributed by atoms with Crippen LogP contribution in [0.4, 0.5) is 0 Å². The van der Waals surface area contributed by atoms with E-state index in [1.807, 2.05) is 19.1 Å². The van der Waals surface area contributed by atoms with Gasteiger partial charge in [0.15, 0.2) is 0 Å². The predicted molar refractivity (Wildman–Crippen MR) is 72.6 cm³/mol. The van der Waals surface area contributed by atoms with Gasteiger partial charge in [-0.3, -0.25) is 4.79 Å². The van der Waals surface area contributed by atoms with Gasteiger partial charge in [0, 0.05) is 24.5 Å². The van der Waals surface area contributed by atoms with Gasteiger partial charge in [0.1, 0.15) is 5.78 Å². The number of methoxy groups -OCH3 is 1. The summed E-state index contributed by atoms with van der Waals surface area (Å²) in [6, 6.07) is 8.24. The summed E-state index contributed by atoms with van der Waals surface area (Å²) in [5, 5.41) is 0. The Morgan fingerprint density at radius 3 is 2.88 bits per heavy atom. The lowest BCUT2D eigenvalue weighted by atomic mass is 10.1. The molecule has 0 N–H and O–H groups in total. The lowest BCUT2D eigenvalue weighted by Crippen LogP contribution is -2.15. The number of thioether (sulfide) groups is 1. The standard InChI is InChI=1S/C14H20O2S/c1-11-5-4-6-13(9-11)17-10-14(15)12(2)7-8-16-3/h4-6,9,12H,7-8,10H2,1-3H3. The zero-order valence-electron chi connectivity index (χ0n) is 10.7. The Balaban J connectivity index is 2.37. The number of hydrogen-bond acceptors (Lipinski definition) is 3. The summed E-state index contributed by atoms with van der Waals surface area (Å²) >= 11 is 1.61. The quantitative estimate of drug-likeness (QED) is 0.696. The van der Waals surface area contributed by atoms with E-state index in [4.69, 9.17) is 4.74 Å². The number of ether oxygens (including phenoxy) is 1. The van der Waals surface area contributed by atoms with Gasteiger partial charge in [-0.05, 0) is 25.5 Å². The molecule has 1 rings (SSSR count). The second kappa shape index (κ2) is 7.51. The molecule has 1 atom stereocenters. The lowest BCUT2D eigenvalue weighted by molar-refractivity contribution is -0.120. The Morgan fingerprint density at radius 1 is 1.47 bits per heavy atom. The van der Waals surface area contributed by atoms with E-state index >= 15 is 0 Å². The van der Waals surface area contributed by atoms with Crippen LogP contribution in [-0.2, 0) is 9.53 Å². The van der Waals surface area contributed by atoms with Crippen molar-refractivity contribution in [1.29, 1.82) is 0 Å². The molecule has 0 amide bonds. The SMILES string of the molecule is COCCC(C)C(=O)CSc1cccc(C)c1. The minimum Gasteiger partial charge on any atom is -0.385 e. The fraction of sp³-hybridized carbons (Fsp3) is 0.500. The number of aryl methyl sites for hydroxylation is 1. The highest BCUT2D eigenvalue weighted by molar-refractivity contribution is 8.00. The van der Waals surface area contributed by atoms with E-state index in [0.29, 0.717) is 18.1 Å². The molecule has 0 aromatic heterocycles. The molecule has 0 aliphatic heterocycles. The van der Waals surface area contributed by atoms with E-state index in [1.165, 1.54) is 5.56 Å². The number of carbonyl (C=O) groups excluding carboxylic acids is 1. The van der Waals surface area contributed by atoms with Crippen LogP contribution < -0.4 is 0 Å². The van der Waals surface area contributed by atoms with Crippen LogP contribution in [0.3, 0.4) is 0 Å². The molecule has 2 nitrogen and oxygen atoms in total. The first kappa shape index (κ1) is 14.3. The van der Waals surface area contributed by atoms with Gasteiger partial charge < -0.3 is 4.74 Å². The van der Waals surface area contributed by atoms with Gasteiger partial charge in [0.05, 0.1) is 5.75 Å². The van der Waals surface area contributed by atoms with Crippen molar-refractivity contribution >= 4 is 17.5 Å². The molecule has 0 fully saturated rings. The number of hydrogen-bond donors (Lipinski definition) is 0. The molecule has 0 heterocycles. The maximum Gasteiger partial charge on any atom is 0.145 e. The normalized spacial score (nSPS) is 12.4. The maximum atomic E-state index is 11.8. The summed E-state index contributed by atoms with van der Waals surface area (Å²) < 4.78 is 4.98. The first-order chi connectivity index (χ1) is 8.13. The molecule has 0 bridgehead atoms. The average molecular weight is 252 g/mol. The van der Waals surface area contributed by atoms with Gasteiger partial charge in [-0.25, -0.2) is 0 Å². The molecule has 1 aromatic carbocycles.